The van der Waals surface area contributed by atoms with Crippen LogP contribution in [0.25, 0.3) is 0 Å². The Hall–Kier alpha value is -2.79. The predicted octanol–water partition coefficient (Wildman–Crippen LogP) is 4.36. The minimum atomic E-state index is -4.15. The molecule has 5 nitrogen and oxygen atoms in total. The molecule has 4 rings (SSSR count). The van der Waals surface area contributed by atoms with Gasteiger partial charge in [0.15, 0.2) is 0 Å². The number of ether oxygens (including phenoxy) is 1. The molecule has 1 fully saturated rings. The minimum absolute atomic E-state index is 0.123. The van der Waals surface area contributed by atoms with E-state index in [0.29, 0.717) is 36.8 Å². The van der Waals surface area contributed by atoms with Gasteiger partial charge in [0, 0.05) is 32.7 Å². The zero-order valence-corrected chi connectivity index (χ0v) is 19.5. The van der Waals surface area contributed by atoms with Crippen molar-refractivity contribution in [3.8, 4) is 0 Å². The van der Waals surface area contributed by atoms with Crippen molar-refractivity contribution in [2.75, 3.05) is 39.3 Å². The largest absolute Gasteiger partial charge is 0.367 e. The Morgan fingerprint density at radius 2 is 1.26 bits per heavy atom. The third kappa shape index (κ3) is 6.07. The van der Waals surface area contributed by atoms with Gasteiger partial charge in [-0.2, -0.15) is 4.31 Å². The monoisotopic (exact) mass is 508 g/mol. The Morgan fingerprint density at radius 1 is 0.743 bits per heavy atom. The van der Waals surface area contributed by atoms with E-state index in [1.165, 1.54) is 24.3 Å². The molecular weight excluding hydrogens is 484 g/mol. The average molecular weight is 509 g/mol. The van der Waals surface area contributed by atoms with Crippen LogP contribution in [0.5, 0.6) is 0 Å². The second kappa shape index (κ2) is 10.9. The first-order valence-electron chi connectivity index (χ1n) is 11.0. The Morgan fingerprint density at radius 3 is 1.80 bits per heavy atom. The van der Waals surface area contributed by atoms with Gasteiger partial charge in [-0.05, 0) is 53.6 Å². The van der Waals surface area contributed by atoms with E-state index in [0.717, 1.165) is 16.4 Å². The highest BCUT2D eigenvalue weighted by atomic mass is 32.2. The minimum Gasteiger partial charge on any atom is -0.367 e. The molecule has 10 heteroatoms. The molecule has 0 radical (unpaired) electrons. The number of piperazine rings is 1. The highest BCUT2D eigenvalue weighted by Gasteiger charge is 2.31. The second-order valence-electron chi connectivity index (χ2n) is 8.17. The summed E-state index contributed by atoms with van der Waals surface area (Å²) in [5.41, 5.74) is 1.43. The van der Waals surface area contributed by atoms with Crippen LogP contribution in [0.4, 0.5) is 17.6 Å². The lowest BCUT2D eigenvalue weighted by atomic mass is 10.0. The quantitative estimate of drug-likeness (QED) is 0.425. The van der Waals surface area contributed by atoms with Gasteiger partial charge >= 0.3 is 0 Å². The van der Waals surface area contributed by atoms with E-state index in [4.69, 9.17) is 4.74 Å². The highest BCUT2D eigenvalue weighted by molar-refractivity contribution is 7.89. The molecule has 0 spiro atoms. The Kier molecular flexibility index (Phi) is 7.85. The molecule has 1 heterocycles. The number of rotatable bonds is 8. The second-order valence-corrected chi connectivity index (χ2v) is 10.1. The molecule has 186 valence electrons. The molecule has 0 unspecified atom stereocenters. The molecule has 1 saturated heterocycles. The van der Waals surface area contributed by atoms with Gasteiger partial charge in [-0.25, -0.2) is 26.0 Å². The highest BCUT2D eigenvalue weighted by Crippen LogP contribution is 2.27. The maximum atomic E-state index is 14.0. The molecule has 0 aromatic heterocycles. The van der Waals surface area contributed by atoms with Crippen molar-refractivity contribution in [1.82, 2.24) is 9.21 Å². The molecule has 3 aromatic carbocycles. The summed E-state index contributed by atoms with van der Waals surface area (Å²) in [6, 6.07) is 14.1. The maximum absolute atomic E-state index is 14.0. The normalized spacial score (nSPS) is 15.6. The summed E-state index contributed by atoms with van der Waals surface area (Å²) >= 11 is 0. The van der Waals surface area contributed by atoms with Gasteiger partial charge in [-0.15, -0.1) is 0 Å². The third-order valence-electron chi connectivity index (χ3n) is 5.88. The lowest BCUT2D eigenvalue weighted by molar-refractivity contribution is 0.0526. The lowest BCUT2D eigenvalue weighted by Gasteiger charge is -2.34. The number of sulfonamides is 1. The molecule has 0 N–H and O–H groups in total. The topological polar surface area (TPSA) is 49.9 Å². The Bertz CT molecular complexity index is 1200. The van der Waals surface area contributed by atoms with Crippen LogP contribution in [0.2, 0.25) is 0 Å². The summed E-state index contributed by atoms with van der Waals surface area (Å²) in [7, 11) is -4.15. The van der Waals surface area contributed by atoms with Crippen LogP contribution in [0.1, 0.15) is 17.2 Å². The van der Waals surface area contributed by atoms with Crippen LogP contribution < -0.4 is 0 Å². The van der Waals surface area contributed by atoms with Gasteiger partial charge in [0.25, 0.3) is 0 Å². The van der Waals surface area contributed by atoms with E-state index in [1.807, 2.05) is 4.90 Å². The standard InChI is InChI=1S/C25H24F4N2O3S/c26-20-5-1-18(2-6-20)25(19-3-7-21(27)8-4-19)34-16-15-30-11-13-31(14-12-30)35(32,33)24-17-22(28)9-10-23(24)29/h1-10,17,25H,11-16H2. The smallest absolute Gasteiger partial charge is 0.246 e. The first-order valence-corrected chi connectivity index (χ1v) is 12.5. The first-order chi connectivity index (χ1) is 16.7. The maximum Gasteiger partial charge on any atom is 0.246 e. The lowest BCUT2D eigenvalue weighted by Crippen LogP contribution is -2.49. The molecule has 0 aliphatic carbocycles. The van der Waals surface area contributed by atoms with Crippen molar-refractivity contribution in [2.45, 2.75) is 11.0 Å². The van der Waals surface area contributed by atoms with Crippen molar-refractivity contribution in [3.05, 3.63) is 101 Å². The van der Waals surface area contributed by atoms with E-state index in [9.17, 15) is 26.0 Å². The summed E-state index contributed by atoms with van der Waals surface area (Å²) in [4.78, 5) is 1.33. The van der Waals surface area contributed by atoms with Gasteiger partial charge in [0.2, 0.25) is 10.0 Å². The number of hydrogen-bond acceptors (Lipinski definition) is 4. The number of halogens is 4. The van der Waals surface area contributed by atoms with Crippen LogP contribution in [-0.4, -0.2) is 57.0 Å². The Labute approximate surface area is 201 Å². The summed E-state index contributed by atoms with van der Waals surface area (Å²) in [5, 5.41) is 0. The predicted molar refractivity (Wildman–Crippen MR) is 122 cm³/mol. The van der Waals surface area contributed by atoms with Gasteiger partial charge in [-0.1, -0.05) is 24.3 Å². The fourth-order valence-corrected chi connectivity index (χ4v) is 5.47. The van der Waals surface area contributed by atoms with E-state index in [1.54, 1.807) is 24.3 Å². The fraction of sp³-hybridized carbons (Fsp3) is 0.280. The molecule has 0 atom stereocenters. The zero-order valence-electron chi connectivity index (χ0n) is 18.7. The molecule has 0 saturated carbocycles. The summed E-state index contributed by atoms with van der Waals surface area (Å²) in [6.07, 6.45) is -0.534. The van der Waals surface area contributed by atoms with Crippen LogP contribution in [-0.2, 0) is 14.8 Å². The molecule has 1 aliphatic rings. The molecule has 1 aliphatic heterocycles. The summed E-state index contributed by atoms with van der Waals surface area (Å²) in [5.74, 6) is -2.57. The summed E-state index contributed by atoms with van der Waals surface area (Å²) in [6.45, 7) is 1.79. The van der Waals surface area contributed by atoms with Crippen LogP contribution in [0, 0.1) is 23.3 Å². The Balaban J connectivity index is 1.36. The average Bonchev–Trinajstić information content (AvgIpc) is 2.85. The van der Waals surface area contributed by atoms with Gasteiger partial charge in [0.1, 0.15) is 34.3 Å². The van der Waals surface area contributed by atoms with Crippen molar-refractivity contribution in [2.24, 2.45) is 0 Å². The fourth-order valence-electron chi connectivity index (χ4n) is 3.97. The van der Waals surface area contributed by atoms with Crippen LogP contribution >= 0.6 is 0 Å². The molecule has 3 aromatic rings. The van der Waals surface area contributed by atoms with E-state index < -0.39 is 32.7 Å². The first kappa shape index (κ1) is 25.3. The van der Waals surface area contributed by atoms with Crippen molar-refractivity contribution >= 4 is 10.0 Å². The zero-order chi connectivity index (χ0) is 25.0. The van der Waals surface area contributed by atoms with Crippen LogP contribution in [0.3, 0.4) is 0 Å². The number of hydrogen-bond donors (Lipinski definition) is 0. The number of nitrogens with zero attached hydrogens (tertiary/aromatic N) is 2. The van der Waals surface area contributed by atoms with E-state index in [-0.39, 0.29) is 31.3 Å². The van der Waals surface area contributed by atoms with Gasteiger partial charge in [-0.3, -0.25) is 4.90 Å². The SMILES string of the molecule is O=S(=O)(c1cc(F)ccc1F)N1CCN(CCOC(c2ccc(F)cc2)c2ccc(F)cc2)CC1. The third-order valence-corrected chi connectivity index (χ3v) is 7.79. The van der Waals surface area contributed by atoms with Crippen LogP contribution in [0.15, 0.2) is 71.6 Å². The molecular formula is C25H24F4N2O3S. The van der Waals surface area contributed by atoms with Gasteiger partial charge in [0.05, 0.1) is 6.61 Å². The summed E-state index contributed by atoms with van der Waals surface area (Å²) < 4.78 is 87.0. The van der Waals surface area contributed by atoms with E-state index in [2.05, 4.69) is 0 Å². The van der Waals surface area contributed by atoms with Crippen molar-refractivity contribution < 1.29 is 30.7 Å². The van der Waals surface area contributed by atoms with E-state index >= 15 is 0 Å². The van der Waals surface area contributed by atoms with Crippen molar-refractivity contribution in [3.63, 3.8) is 0 Å². The van der Waals surface area contributed by atoms with Gasteiger partial charge < -0.3 is 4.74 Å². The number of benzene rings is 3. The van der Waals surface area contributed by atoms with Crippen molar-refractivity contribution in [1.29, 1.82) is 0 Å². The molecule has 35 heavy (non-hydrogen) atoms. The molecule has 0 amide bonds. The molecule has 0 bridgehead atoms.